The molecule has 0 rings (SSSR count). The van der Waals surface area contributed by atoms with Crippen LogP contribution in [0, 0.1) is 10.1 Å². The van der Waals surface area contributed by atoms with E-state index in [1.165, 1.54) is 0 Å². The van der Waals surface area contributed by atoms with Gasteiger partial charge in [0.15, 0.2) is 9.84 Å². The van der Waals surface area contributed by atoms with Crippen LogP contribution >= 0.6 is 0 Å². The summed E-state index contributed by atoms with van der Waals surface area (Å²) in [4.78, 5) is 24.0. The third kappa shape index (κ3) is 3.56. The van der Waals surface area contributed by atoms with Crippen LogP contribution in [0.1, 0.15) is 6.92 Å². The fourth-order valence-corrected chi connectivity index (χ4v) is 1.26. The molecule has 0 spiro atoms. The Hall–Kier alpha value is -1.38. The van der Waals surface area contributed by atoms with Gasteiger partial charge in [0.2, 0.25) is 6.10 Å². The largest absolute Gasteiger partial charge is 0.480 e. The number of hydrogen-bond acceptors (Lipinski definition) is 6. The van der Waals surface area contributed by atoms with Crippen LogP contribution in [0.2, 0.25) is 0 Å². The fraction of sp³-hybridized carbons (Fsp3) is 0.800. The molecule has 82 valence electrons. The number of nitrogens with zero attached hydrogens (tertiary/aromatic N) is 1. The minimum absolute atomic E-state index is 0.775. The van der Waals surface area contributed by atoms with Crippen LogP contribution in [0.5, 0.6) is 0 Å². The normalized spacial score (nSPS) is 15.6. The molecule has 14 heavy (non-hydrogen) atoms. The molecule has 2 unspecified atom stereocenters. The second-order valence-electron chi connectivity index (χ2n) is 2.62. The summed E-state index contributed by atoms with van der Waals surface area (Å²) in [6, 6.07) is 0. The molecule has 2 atom stereocenters. The lowest BCUT2D eigenvalue weighted by Gasteiger charge is -2.15. The van der Waals surface area contributed by atoms with Crippen molar-refractivity contribution in [2.75, 3.05) is 6.26 Å². The Morgan fingerprint density at radius 1 is 1.57 bits per heavy atom. The number of aliphatic carboxylic acids is 1. The molecule has 0 saturated carbocycles. The molecule has 9 heteroatoms. The molecular weight excluding hydrogens is 218 g/mol. The Kier molecular flexibility index (Phi) is 3.81. The van der Waals surface area contributed by atoms with E-state index in [-0.39, 0.29) is 0 Å². The Balaban J connectivity index is 4.85. The first-order chi connectivity index (χ1) is 6.16. The summed E-state index contributed by atoms with van der Waals surface area (Å²) in [5.74, 6) is -1.69. The van der Waals surface area contributed by atoms with Gasteiger partial charge in [-0.05, 0) is 6.92 Å². The molecule has 0 aromatic heterocycles. The van der Waals surface area contributed by atoms with Gasteiger partial charge in [-0.15, -0.1) is 10.1 Å². The van der Waals surface area contributed by atoms with Crippen LogP contribution in [0.3, 0.4) is 0 Å². The minimum atomic E-state index is -3.70. The number of carboxylic acid groups (broad SMARTS) is 1. The van der Waals surface area contributed by atoms with Crippen molar-refractivity contribution in [1.29, 1.82) is 0 Å². The second kappa shape index (κ2) is 4.22. The third-order valence-corrected chi connectivity index (χ3v) is 3.14. The van der Waals surface area contributed by atoms with Gasteiger partial charge in [0.25, 0.3) is 5.09 Å². The Morgan fingerprint density at radius 2 is 2.00 bits per heavy atom. The van der Waals surface area contributed by atoms with Crippen molar-refractivity contribution >= 4 is 15.8 Å². The molecule has 0 aromatic rings. The quantitative estimate of drug-likeness (QED) is 0.475. The van der Waals surface area contributed by atoms with Crippen molar-refractivity contribution in [1.82, 2.24) is 0 Å². The lowest BCUT2D eigenvalue weighted by atomic mass is 10.3. The minimum Gasteiger partial charge on any atom is -0.480 e. The molecule has 0 saturated heterocycles. The number of hydrogen-bond donors (Lipinski definition) is 1. The van der Waals surface area contributed by atoms with Crippen LogP contribution in [0.15, 0.2) is 0 Å². The lowest BCUT2D eigenvalue weighted by molar-refractivity contribution is -0.764. The van der Waals surface area contributed by atoms with E-state index in [2.05, 4.69) is 4.84 Å². The van der Waals surface area contributed by atoms with Crippen molar-refractivity contribution in [2.24, 2.45) is 0 Å². The fourth-order valence-electron chi connectivity index (χ4n) is 0.649. The topological polar surface area (TPSA) is 124 Å². The summed E-state index contributed by atoms with van der Waals surface area (Å²) in [6.45, 7) is 1.03. The molecule has 0 aromatic carbocycles. The highest BCUT2D eigenvalue weighted by molar-refractivity contribution is 7.91. The maximum atomic E-state index is 10.9. The molecular formula is C5H9NO7S. The average Bonchev–Trinajstić information content (AvgIpc) is 1.96. The third-order valence-electron chi connectivity index (χ3n) is 1.54. The maximum absolute atomic E-state index is 10.9. The van der Waals surface area contributed by atoms with Crippen LogP contribution in [0.4, 0.5) is 0 Å². The zero-order valence-electron chi connectivity index (χ0n) is 7.41. The van der Waals surface area contributed by atoms with E-state index >= 15 is 0 Å². The molecule has 0 fully saturated rings. The lowest BCUT2D eigenvalue weighted by Crippen LogP contribution is -2.40. The molecule has 1 N–H and O–H groups in total. The summed E-state index contributed by atoms with van der Waals surface area (Å²) in [6.07, 6.45) is -1.23. The monoisotopic (exact) mass is 227 g/mol. The van der Waals surface area contributed by atoms with E-state index < -0.39 is 32.2 Å². The van der Waals surface area contributed by atoms with Crippen LogP contribution < -0.4 is 0 Å². The van der Waals surface area contributed by atoms with Crippen molar-refractivity contribution < 1.29 is 28.2 Å². The van der Waals surface area contributed by atoms with Gasteiger partial charge >= 0.3 is 5.97 Å². The first-order valence-corrected chi connectivity index (χ1v) is 5.34. The SMILES string of the molecule is CC(C(O[N+](=O)[O-])C(=O)O)S(C)(=O)=O. The molecule has 0 aliphatic heterocycles. The van der Waals surface area contributed by atoms with E-state index in [9.17, 15) is 23.3 Å². The van der Waals surface area contributed by atoms with Gasteiger partial charge in [-0.25, -0.2) is 13.2 Å². The first kappa shape index (κ1) is 12.6. The second-order valence-corrected chi connectivity index (χ2v) is 5.03. The summed E-state index contributed by atoms with van der Waals surface area (Å²) in [5.41, 5.74) is 0. The molecule has 0 bridgehead atoms. The first-order valence-electron chi connectivity index (χ1n) is 3.39. The summed E-state index contributed by atoms with van der Waals surface area (Å²) in [7, 11) is -3.70. The van der Waals surface area contributed by atoms with Gasteiger partial charge < -0.3 is 5.11 Å². The Morgan fingerprint density at radius 3 is 2.21 bits per heavy atom. The van der Waals surface area contributed by atoms with E-state index in [0.29, 0.717) is 0 Å². The zero-order chi connectivity index (χ0) is 11.5. The van der Waals surface area contributed by atoms with E-state index in [4.69, 9.17) is 5.11 Å². The average molecular weight is 227 g/mol. The van der Waals surface area contributed by atoms with Gasteiger partial charge in [-0.3, -0.25) is 4.84 Å². The van der Waals surface area contributed by atoms with Crippen molar-refractivity contribution in [3.8, 4) is 0 Å². The van der Waals surface area contributed by atoms with E-state index in [1.807, 2.05) is 0 Å². The van der Waals surface area contributed by atoms with Gasteiger partial charge in [0.1, 0.15) is 0 Å². The molecule has 0 aliphatic rings. The van der Waals surface area contributed by atoms with Crippen LogP contribution in [-0.4, -0.2) is 42.2 Å². The van der Waals surface area contributed by atoms with Gasteiger partial charge in [0.05, 0.1) is 5.25 Å². The molecule has 0 aliphatic carbocycles. The highest BCUT2D eigenvalue weighted by Gasteiger charge is 2.35. The number of sulfone groups is 1. The standard InChI is InChI=1S/C5H9NO7S/c1-3(14(2,11)12)4(5(7)8)13-6(9)10/h3-4H,1-2H3,(H,7,8). The summed E-state index contributed by atoms with van der Waals surface area (Å²) < 4.78 is 21.8. The van der Waals surface area contributed by atoms with Gasteiger partial charge in [-0.1, -0.05) is 0 Å². The molecule has 0 heterocycles. The smallest absolute Gasteiger partial charge is 0.334 e. The predicted molar refractivity (Wildman–Crippen MR) is 43.8 cm³/mol. The van der Waals surface area contributed by atoms with Crippen molar-refractivity contribution in [3.05, 3.63) is 10.1 Å². The highest BCUT2D eigenvalue weighted by Crippen LogP contribution is 2.08. The predicted octanol–water partition coefficient (Wildman–Crippen LogP) is -0.919. The van der Waals surface area contributed by atoms with Crippen molar-refractivity contribution in [2.45, 2.75) is 18.3 Å². The summed E-state index contributed by atoms with van der Waals surface area (Å²) in [5, 5.41) is 15.5. The number of rotatable bonds is 5. The van der Waals surface area contributed by atoms with Crippen molar-refractivity contribution in [3.63, 3.8) is 0 Å². The Bertz CT molecular complexity index is 334. The highest BCUT2D eigenvalue weighted by atomic mass is 32.2. The van der Waals surface area contributed by atoms with Gasteiger partial charge in [0, 0.05) is 6.26 Å². The van der Waals surface area contributed by atoms with Crippen LogP contribution in [0.25, 0.3) is 0 Å². The zero-order valence-corrected chi connectivity index (χ0v) is 8.22. The van der Waals surface area contributed by atoms with E-state index in [0.717, 1.165) is 13.2 Å². The van der Waals surface area contributed by atoms with Crippen LogP contribution in [-0.2, 0) is 19.5 Å². The molecule has 8 nitrogen and oxygen atoms in total. The molecule has 0 radical (unpaired) electrons. The summed E-state index contributed by atoms with van der Waals surface area (Å²) >= 11 is 0. The molecule has 0 amide bonds. The van der Waals surface area contributed by atoms with Gasteiger partial charge in [-0.2, -0.15) is 0 Å². The Labute approximate surface area is 79.5 Å². The number of carboxylic acids is 1. The maximum Gasteiger partial charge on any atom is 0.334 e. The van der Waals surface area contributed by atoms with E-state index in [1.54, 1.807) is 0 Å². The number of carbonyl (C=O) groups is 1.